The number of hydrogen-bond donors (Lipinski definition) is 0. The summed E-state index contributed by atoms with van der Waals surface area (Å²) in [5, 5.41) is 0. The second-order valence-corrected chi connectivity index (χ2v) is 8.86. The van der Waals surface area contributed by atoms with Crippen molar-refractivity contribution in [3.63, 3.8) is 0 Å². The molecule has 1 aliphatic rings. The van der Waals surface area contributed by atoms with Crippen LogP contribution < -0.4 is 0 Å². The van der Waals surface area contributed by atoms with E-state index in [0.29, 0.717) is 0 Å². The first-order valence-electron chi connectivity index (χ1n) is 7.81. The average Bonchev–Trinajstić information content (AvgIpc) is 2.95. The van der Waals surface area contributed by atoms with Gasteiger partial charge in [0.1, 0.15) is 0 Å². The normalized spacial score (nSPS) is 16.0. The first kappa shape index (κ1) is 17.9. The predicted molar refractivity (Wildman–Crippen MR) is 108 cm³/mol. The molecule has 3 rings (SSSR count). The van der Waals surface area contributed by atoms with E-state index in [0.717, 1.165) is 45.9 Å². The topological polar surface area (TPSA) is 23.6 Å². The van der Waals surface area contributed by atoms with Gasteiger partial charge in [0.15, 0.2) is 0 Å². The van der Waals surface area contributed by atoms with Crippen molar-refractivity contribution in [2.75, 3.05) is 32.7 Å². The molecular formula is C18H18Br2N2OS. The van der Waals surface area contributed by atoms with E-state index in [4.69, 9.17) is 0 Å². The van der Waals surface area contributed by atoms with Crippen LogP contribution in [-0.2, 0) is 0 Å². The molecule has 0 unspecified atom stereocenters. The molecule has 1 aromatic heterocycles. The zero-order valence-corrected chi connectivity index (χ0v) is 17.1. The number of thiophene rings is 1. The van der Waals surface area contributed by atoms with Crippen molar-refractivity contribution < 1.29 is 4.79 Å². The van der Waals surface area contributed by atoms with Crippen LogP contribution in [0.15, 0.2) is 50.7 Å². The molecule has 0 radical (unpaired) electrons. The van der Waals surface area contributed by atoms with Gasteiger partial charge in [-0.2, -0.15) is 0 Å². The number of piperazine rings is 1. The minimum absolute atomic E-state index is 0.130. The summed E-state index contributed by atoms with van der Waals surface area (Å²) in [6.07, 6.45) is 4.35. The Kier molecular flexibility index (Phi) is 6.27. The lowest BCUT2D eigenvalue weighted by Crippen LogP contribution is -2.48. The number of hydrogen-bond acceptors (Lipinski definition) is 3. The SMILES string of the molecule is O=C(c1cc(Br)c(Br)s1)N1CCN(CC=Cc2ccccc2)CC1. The van der Waals surface area contributed by atoms with Crippen LogP contribution in [0.5, 0.6) is 0 Å². The van der Waals surface area contributed by atoms with Crippen molar-refractivity contribution in [2.24, 2.45) is 0 Å². The van der Waals surface area contributed by atoms with E-state index < -0.39 is 0 Å². The van der Waals surface area contributed by atoms with Crippen LogP contribution in [0.2, 0.25) is 0 Å². The maximum absolute atomic E-state index is 12.5. The Morgan fingerprint density at radius 1 is 1.12 bits per heavy atom. The summed E-state index contributed by atoms with van der Waals surface area (Å²) in [5.74, 6) is 0.130. The molecule has 3 nitrogen and oxygen atoms in total. The third kappa shape index (κ3) is 4.57. The van der Waals surface area contributed by atoms with E-state index in [1.165, 1.54) is 16.9 Å². The van der Waals surface area contributed by atoms with Crippen LogP contribution >= 0.6 is 43.2 Å². The molecule has 2 aromatic rings. The molecule has 126 valence electrons. The lowest BCUT2D eigenvalue weighted by atomic mass is 10.2. The molecule has 24 heavy (non-hydrogen) atoms. The highest BCUT2D eigenvalue weighted by molar-refractivity contribution is 9.13. The monoisotopic (exact) mass is 468 g/mol. The van der Waals surface area contributed by atoms with Crippen LogP contribution in [0, 0.1) is 0 Å². The molecule has 1 aliphatic heterocycles. The summed E-state index contributed by atoms with van der Waals surface area (Å²) in [7, 11) is 0. The second kappa shape index (κ2) is 8.43. The van der Waals surface area contributed by atoms with Gasteiger partial charge in [-0.15, -0.1) is 11.3 Å². The quantitative estimate of drug-likeness (QED) is 0.645. The predicted octanol–water partition coefficient (Wildman–Crippen LogP) is 4.74. The number of rotatable bonds is 4. The minimum Gasteiger partial charge on any atom is -0.335 e. The smallest absolute Gasteiger partial charge is 0.264 e. The lowest BCUT2D eigenvalue weighted by Gasteiger charge is -2.33. The van der Waals surface area contributed by atoms with Crippen molar-refractivity contribution >= 4 is 55.2 Å². The van der Waals surface area contributed by atoms with E-state index >= 15 is 0 Å². The zero-order chi connectivity index (χ0) is 16.9. The summed E-state index contributed by atoms with van der Waals surface area (Å²) in [6.45, 7) is 4.32. The molecule has 1 amide bonds. The number of carbonyl (C=O) groups excluding carboxylic acids is 1. The Hall–Kier alpha value is -0.950. The molecule has 0 aliphatic carbocycles. The Morgan fingerprint density at radius 3 is 2.46 bits per heavy atom. The lowest BCUT2D eigenvalue weighted by molar-refractivity contribution is 0.0655. The van der Waals surface area contributed by atoms with Crippen molar-refractivity contribution in [3.8, 4) is 0 Å². The fourth-order valence-corrected chi connectivity index (χ4v) is 4.65. The third-order valence-electron chi connectivity index (χ3n) is 3.99. The van der Waals surface area contributed by atoms with Crippen LogP contribution in [-0.4, -0.2) is 48.4 Å². The molecule has 6 heteroatoms. The summed E-state index contributed by atoms with van der Waals surface area (Å²) >= 11 is 8.38. The molecule has 0 spiro atoms. The zero-order valence-electron chi connectivity index (χ0n) is 13.1. The molecule has 0 N–H and O–H groups in total. The standard InChI is InChI=1S/C18H18Br2N2OS/c19-15-13-16(24-17(15)20)18(23)22-11-9-21(10-12-22)8-4-7-14-5-2-1-3-6-14/h1-7,13H,8-12H2. The summed E-state index contributed by atoms with van der Waals surface area (Å²) in [5.41, 5.74) is 1.22. The van der Waals surface area contributed by atoms with E-state index in [9.17, 15) is 4.79 Å². The molecule has 1 saturated heterocycles. The second-order valence-electron chi connectivity index (χ2n) is 5.64. The largest absolute Gasteiger partial charge is 0.335 e. The first-order chi connectivity index (χ1) is 11.6. The molecular weight excluding hydrogens is 452 g/mol. The fourth-order valence-electron chi connectivity index (χ4n) is 2.64. The van der Waals surface area contributed by atoms with E-state index in [1.54, 1.807) is 0 Å². The average molecular weight is 470 g/mol. The van der Waals surface area contributed by atoms with Gasteiger partial charge in [-0.05, 0) is 43.5 Å². The van der Waals surface area contributed by atoms with Gasteiger partial charge in [-0.3, -0.25) is 9.69 Å². The van der Waals surface area contributed by atoms with Gasteiger partial charge in [0.05, 0.1) is 8.66 Å². The molecule has 1 fully saturated rings. The number of halogens is 2. The van der Waals surface area contributed by atoms with E-state index in [-0.39, 0.29) is 5.91 Å². The molecule has 0 saturated carbocycles. The van der Waals surface area contributed by atoms with Crippen LogP contribution in [0.1, 0.15) is 15.2 Å². The summed E-state index contributed by atoms with van der Waals surface area (Å²) in [6, 6.07) is 12.2. The van der Waals surface area contributed by atoms with E-state index in [1.807, 2.05) is 29.2 Å². The highest BCUT2D eigenvalue weighted by Crippen LogP contribution is 2.33. The molecule has 0 bridgehead atoms. The van der Waals surface area contributed by atoms with Crippen molar-refractivity contribution in [2.45, 2.75) is 0 Å². The molecule has 1 aromatic carbocycles. The van der Waals surface area contributed by atoms with Crippen LogP contribution in [0.25, 0.3) is 6.08 Å². The van der Waals surface area contributed by atoms with Crippen molar-refractivity contribution in [1.82, 2.24) is 9.80 Å². The van der Waals surface area contributed by atoms with Gasteiger partial charge in [0.2, 0.25) is 0 Å². The Morgan fingerprint density at radius 2 is 1.83 bits per heavy atom. The number of carbonyl (C=O) groups is 1. The Balaban J connectivity index is 1.49. The number of nitrogens with zero attached hydrogens (tertiary/aromatic N) is 2. The highest BCUT2D eigenvalue weighted by atomic mass is 79.9. The number of benzene rings is 1. The Labute approximate surface area is 163 Å². The maximum Gasteiger partial charge on any atom is 0.264 e. The van der Waals surface area contributed by atoms with Gasteiger partial charge in [0.25, 0.3) is 5.91 Å². The maximum atomic E-state index is 12.5. The molecule has 2 heterocycles. The first-order valence-corrected chi connectivity index (χ1v) is 10.2. The van der Waals surface area contributed by atoms with Crippen LogP contribution in [0.3, 0.4) is 0 Å². The van der Waals surface area contributed by atoms with Gasteiger partial charge >= 0.3 is 0 Å². The fraction of sp³-hybridized carbons (Fsp3) is 0.278. The van der Waals surface area contributed by atoms with Gasteiger partial charge in [0, 0.05) is 37.2 Å². The summed E-state index contributed by atoms with van der Waals surface area (Å²) in [4.78, 5) is 17.6. The number of amides is 1. The van der Waals surface area contributed by atoms with Crippen molar-refractivity contribution in [3.05, 3.63) is 61.2 Å². The third-order valence-corrected chi connectivity index (χ3v) is 7.23. The highest BCUT2D eigenvalue weighted by Gasteiger charge is 2.23. The van der Waals surface area contributed by atoms with E-state index in [2.05, 4.69) is 61.0 Å². The minimum atomic E-state index is 0.130. The van der Waals surface area contributed by atoms with Gasteiger partial charge in [-0.25, -0.2) is 0 Å². The van der Waals surface area contributed by atoms with Crippen molar-refractivity contribution in [1.29, 1.82) is 0 Å². The molecule has 0 atom stereocenters. The van der Waals surface area contributed by atoms with Crippen LogP contribution in [0.4, 0.5) is 0 Å². The summed E-state index contributed by atoms with van der Waals surface area (Å²) < 4.78 is 1.91. The van der Waals surface area contributed by atoms with Gasteiger partial charge in [-0.1, -0.05) is 42.5 Å². The van der Waals surface area contributed by atoms with Gasteiger partial charge < -0.3 is 4.90 Å². The Bertz CT molecular complexity index is 702.